The van der Waals surface area contributed by atoms with Crippen molar-refractivity contribution in [3.8, 4) is 0 Å². The topological polar surface area (TPSA) is 37.4 Å². The van der Waals surface area contributed by atoms with Crippen LogP contribution < -0.4 is 0 Å². The lowest BCUT2D eigenvalue weighted by Gasteiger charge is -2.21. The normalized spacial score (nSPS) is 14.7. The van der Waals surface area contributed by atoms with E-state index < -0.39 is 10.0 Å². The van der Waals surface area contributed by atoms with Gasteiger partial charge in [-0.1, -0.05) is 39.8 Å². The standard InChI is InChI=1S/C10H11NO2S.2C2H6/c1-8-3-4-9-5-6-11(2)14(12,13)10(9)7-8;2*1-2/h3-7H,1-2H3;2*1-2H3. The number of sulfonamides is 1. The Bertz CT molecular complexity index is 505. The van der Waals surface area contributed by atoms with Gasteiger partial charge in [0.15, 0.2) is 0 Å². The SMILES string of the molecule is CC.CC.Cc1ccc2c(c1)S(=O)(=O)N(C)C=C2. The zero-order valence-electron chi connectivity index (χ0n) is 12.1. The second-order valence-electron chi connectivity index (χ2n) is 3.38. The summed E-state index contributed by atoms with van der Waals surface area (Å²) in [7, 11) is -1.76. The quantitative estimate of drug-likeness (QED) is 0.721. The molecule has 1 heterocycles. The van der Waals surface area contributed by atoms with Gasteiger partial charge in [-0.15, -0.1) is 0 Å². The van der Waals surface area contributed by atoms with Crippen molar-refractivity contribution < 1.29 is 8.42 Å². The Hall–Kier alpha value is -1.29. The largest absolute Gasteiger partial charge is 0.276 e. The average molecular weight is 269 g/mol. The van der Waals surface area contributed by atoms with Crippen molar-refractivity contribution in [2.45, 2.75) is 39.5 Å². The molecule has 0 unspecified atom stereocenters. The average Bonchev–Trinajstić information content (AvgIpc) is 2.40. The molecule has 0 amide bonds. The van der Waals surface area contributed by atoms with Crippen molar-refractivity contribution in [3.63, 3.8) is 0 Å². The molecule has 4 heteroatoms. The van der Waals surface area contributed by atoms with Gasteiger partial charge in [-0.3, -0.25) is 4.31 Å². The zero-order chi connectivity index (χ0) is 14.3. The van der Waals surface area contributed by atoms with Crippen LogP contribution in [0.4, 0.5) is 0 Å². The first kappa shape index (κ1) is 16.7. The summed E-state index contributed by atoms with van der Waals surface area (Å²) in [5, 5.41) is 0. The Morgan fingerprint density at radius 3 is 2.17 bits per heavy atom. The van der Waals surface area contributed by atoms with E-state index in [0.29, 0.717) is 4.90 Å². The molecule has 0 bridgehead atoms. The van der Waals surface area contributed by atoms with E-state index in [0.717, 1.165) is 11.1 Å². The van der Waals surface area contributed by atoms with Crippen molar-refractivity contribution in [2.75, 3.05) is 7.05 Å². The molecule has 0 aliphatic carbocycles. The molecule has 1 aromatic rings. The van der Waals surface area contributed by atoms with Crippen LogP contribution in [-0.4, -0.2) is 19.8 Å². The third-order valence-electron chi connectivity index (χ3n) is 2.29. The number of hydrogen-bond donors (Lipinski definition) is 0. The maximum Gasteiger partial charge on any atom is 0.264 e. The molecule has 0 N–H and O–H groups in total. The molecule has 1 aromatic carbocycles. The molecule has 2 rings (SSSR count). The van der Waals surface area contributed by atoms with Gasteiger partial charge in [0.2, 0.25) is 0 Å². The number of nitrogens with zero attached hydrogens (tertiary/aromatic N) is 1. The smallest absolute Gasteiger partial charge is 0.264 e. The van der Waals surface area contributed by atoms with Gasteiger partial charge in [0.25, 0.3) is 10.0 Å². The second kappa shape index (κ2) is 7.21. The van der Waals surface area contributed by atoms with E-state index in [4.69, 9.17) is 0 Å². The van der Waals surface area contributed by atoms with E-state index in [1.54, 1.807) is 18.3 Å². The van der Waals surface area contributed by atoms with Crippen molar-refractivity contribution in [2.24, 2.45) is 0 Å². The van der Waals surface area contributed by atoms with Crippen molar-refractivity contribution in [1.82, 2.24) is 4.31 Å². The zero-order valence-corrected chi connectivity index (χ0v) is 12.9. The lowest BCUT2D eigenvalue weighted by atomic mass is 10.1. The van der Waals surface area contributed by atoms with Crippen LogP contribution in [0.5, 0.6) is 0 Å². The number of rotatable bonds is 0. The highest BCUT2D eigenvalue weighted by Crippen LogP contribution is 2.26. The molecule has 0 atom stereocenters. The molecule has 18 heavy (non-hydrogen) atoms. The van der Waals surface area contributed by atoms with E-state index >= 15 is 0 Å². The first-order chi connectivity index (χ1) is 8.51. The van der Waals surface area contributed by atoms with Crippen LogP contribution in [0, 0.1) is 6.92 Å². The summed E-state index contributed by atoms with van der Waals surface area (Å²) >= 11 is 0. The first-order valence-electron chi connectivity index (χ1n) is 6.29. The minimum Gasteiger partial charge on any atom is -0.276 e. The highest BCUT2D eigenvalue weighted by Gasteiger charge is 2.24. The fraction of sp³-hybridized carbons (Fsp3) is 0.429. The lowest BCUT2D eigenvalue weighted by molar-refractivity contribution is 0.537. The fourth-order valence-corrected chi connectivity index (χ4v) is 2.72. The molecule has 0 saturated heterocycles. The maximum atomic E-state index is 11.8. The fourth-order valence-electron chi connectivity index (χ4n) is 1.42. The molecule has 0 aromatic heterocycles. The lowest BCUT2D eigenvalue weighted by Crippen LogP contribution is -2.24. The van der Waals surface area contributed by atoms with Gasteiger partial charge in [-0.25, -0.2) is 8.42 Å². The Morgan fingerprint density at radius 2 is 1.61 bits per heavy atom. The van der Waals surface area contributed by atoms with Crippen LogP contribution in [0.25, 0.3) is 6.08 Å². The number of aryl methyl sites for hydroxylation is 1. The Balaban J connectivity index is 0.000000659. The van der Waals surface area contributed by atoms with Gasteiger partial charge < -0.3 is 0 Å². The monoisotopic (exact) mass is 269 g/mol. The van der Waals surface area contributed by atoms with E-state index in [1.165, 1.54) is 11.4 Å². The summed E-state index contributed by atoms with van der Waals surface area (Å²) in [5.74, 6) is 0. The van der Waals surface area contributed by atoms with Gasteiger partial charge in [0.05, 0.1) is 4.90 Å². The van der Waals surface area contributed by atoms with Crippen molar-refractivity contribution in [3.05, 3.63) is 35.5 Å². The molecule has 1 aliphatic heterocycles. The van der Waals surface area contributed by atoms with Crippen LogP contribution in [0.2, 0.25) is 0 Å². The number of fused-ring (bicyclic) bond motifs is 1. The third-order valence-corrected chi connectivity index (χ3v) is 4.08. The predicted octanol–water partition coefficient (Wildman–Crippen LogP) is 3.65. The second-order valence-corrected chi connectivity index (χ2v) is 5.34. The highest BCUT2D eigenvalue weighted by atomic mass is 32.2. The van der Waals surface area contributed by atoms with E-state index in [1.807, 2.05) is 46.8 Å². The van der Waals surface area contributed by atoms with Crippen molar-refractivity contribution in [1.29, 1.82) is 0 Å². The third kappa shape index (κ3) is 3.35. The summed E-state index contributed by atoms with van der Waals surface area (Å²) in [6.45, 7) is 9.88. The minimum atomic E-state index is -3.30. The van der Waals surface area contributed by atoms with Crippen LogP contribution in [-0.2, 0) is 10.0 Å². The van der Waals surface area contributed by atoms with Gasteiger partial charge in [-0.2, -0.15) is 0 Å². The van der Waals surface area contributed by atoms with Gasteiger partial charge in [0, 0.05) is 13.2 Å². The van der Waals surface area contributed by atoms with E-state index in [2.05, 4.69) is 0 Å². The molecule has 1 aliphatic rings. The summed E-state index contributed by atoms with van der Waals surface area (Å²) in [5.41, 5.74) is 1.71. The van der Waals surface area contributed by atoms with Crippen molar-refractivity contribution >= 4 is 16.1 Å². The Morgan fingerprint density at radius 1 is 1.06 bits per heavy atom. The minimum absolute atomic E-state index is 0.391. The Labute approximate surface area is 111 Å². The molecule has 0 spiro atoms. The number of benzene rings is 1. The summed E-state index contributed by atoms with van der Waals surface area (Å²) in [4.78, 5) is 0.391. The molecule has 3 nitrogen and oxygen atoms in total. The van der Waals surface area contributed by atoms with Crippen LogP contribution in [0.3, 0.4) is 0 Å². The van der Waals surface area contributed by atoms with Gasteiger partial charge >= 0.3 is 0 Å². The van der Waals surface area contributed by atoms with Crippen LogP contribution in [0.1, 0.15) is 38.8 Å². The van der Waals surface area contributed by atoms with E-state index in [-0.39, 0.29) is 0 Å². The molecular weight excluding hydrogens is 246 g/mol. The maximum absolute atomic E-state index is 11.8. The summed E-state index contributed by atoms with van der Waals surface area (Å²) in [6.07, 6.45) is 3.36. The molecule has 0 fully saturated rings. The molecular formula is C14H23NO2S. The molecule has 102 valence electrons. The molecule has 0 saturated carbocycles. The summed E-state index contributed by atoms with van der Waals surface area (Å²) in [6, 6.07) is 5.43. The van der Waals surface area contributed by atoms with Gasteiger partial charge in [-0.05, 0) is 30.2 Å². The van der Waals surface area contributed by atoms with Gasteiger partial charge in [0.1, 0.15) is 0 Å². The highest BCUT2D eigenvalue weighted by molar-refractivity contribution is 7.89. The summed E-state index contributed by atoms with van der Waals surface area (Å²) < 4.78 is 24.9. The van der Waals surface area contributed by atoms with Crippen LogP contribution >= 0.6 is 0 Å². The Kier molecular flexibility index (Phi) is 6.70. The number of hydrogen-bond acceptors (Lipinski definition) is 2. The molecule has 0 radical (unpaired) electrons. The van der Waals surface area contributed by atoms with Crippen LogP contribution in [0.15, 0.2) is 29.3 Å². The van der Waals surface area contributed by atoms with E-state index in [9.17, 15) is 8.42 Å². The first-order valence-corrected chi connectivity index (χ1v) is 7.73. The predicted molar refractivity (Wildman–Crippen MR) is 77.9 cm³/mol.